The van der Waals surface area contributed by atoms with Crippen molar-refractivity contribution in [3.63, 3.8) is 0 Å². The zero-order valence-electron chi connectivity index (χ0n) is 11.0. The molecule has 0 spiro atoms. The van der Waals surface area contributed by atoms with Gasteiger partial charge in [0.2, 0.25) is 10.0 Å². The van der Waals surface area contributed by atoms with Crippen molar-refractivity contribution in [3.05, 3.63) is 30.3 Å². The Bertz CT molecular complexity index is 493. The molecule has 0 amide bonds. The number of hydrogen-bond donors (Lipinski definition) is 2. The Hall–Kier alpha value is -0.910. The fourth-order valence-corrected chi connectivity index (χ4v) is 3.80. The van der Waals surface area contributed by atoms with Crippen LogP contribution in [-0.4, -0.2) is 26.7 Å². The minimum Gasteiger partial charge on any atom is -0.396 e. The lowest BCUT2D eigenvalue weighted by Gasteiger charge is -2.35. The third-order valence-electron chi connectivity index (χ3n) is 3.94. The first-order valence-electron chi connectivity index (χ1n) is 6.74. The third kappa shape index (κ3) is 3.55. The number of hydrogen-bond acceptors (Lipinski definition) is 3. The second-order valence-corrected chi connectivity index (χ2v) is 7.12. The maximum atomic E-state index is 12.1. The lowest BCUT2D eigenvalue weighted by molar-refractivity contribution is 0.0867. The normalized spacial score (nSPS) is 19.2. The summed E-state index contributed by atoms with van der Waals surface area (Å²) in [6.45, 7) is 0.366. The van der Waals surface area contributed by atoms with Gasteiger partial charge in [-0.3, -0.25) is 0 Å². The van der Waals surface area contributed by atoms with Crippen molar-refractivity contribution in [2.24, 2.45) is 5.41 Å². The van der Waals surface area contributed by atoms with Crippen molar-refractivity contribution in [1.29, 1.82) is 0 Å². The van der Waals surface area contributed by atoms with E-state index in [9.17, 15) is 13.5 Å². The Labute approximate surface area is 114 Å². The number of benzene rings is 1. The summed E-state index contributed by atoms with van der Waals surface area (Å²) in [6.07, 6.45) is 5.08. The molecule has 19 heavy (non-hydrogen) atoms. The molecule has 1 aliphatic carbocycles. The Morgan fingerprint density at radius 1 is 1.11 bits per heavy atom. The van der Waals surface area contributed by atoms with E-state index < -0.39 is 10.0 Å². The number of aliphatic hydroxyl groups excluding tert-OH is 1. The molecule has 0 radical (unpaired) electrons. The van der Waals surface area contributed by atoms with Gasteiger partial charge in [0.05, 0.1) is 4.90 Å². The molecule has 2 N–H and O–H groups in total. The van der Waals surface area contributed by atoms with E-state index in [0.717, 1.165) is 25.7 Å². The third-order valence-corrected chi connectivity index (χ3v) is 5.36. The van der Waals surface area contributed by atoms with E-state index in [-0.39, 0.29) is 16.9 Å². The van der Waals surface area contributed by atoms with Gasteiger partial charge >= 0.3 is 0 Å². The molecule has 106 valence electrons. The van der Waals surface area contributed by atoms with Gasteiger partial charge in [-0.15, -0.1) is 0 Å². The summed E-state index contributed by atoms with van der Waals surface area (Å²) in [6, 6.07) is 8.35. The van der Waals surface area contributed by atoms with Crippen molar-refractivity contribution < 1.29 is 13.5 Å². The molecule has 1 aromatic carbocycles. The van der Waals surface area contributed by atoms with Gasteiger partial charge in [-0.05, 0) is 25.0 Å². The summed E-state index contributed by atoms with van der Waals surface area (Å²) in [5, 5.41) is 9.57. The maximum Gasteiger partial charge on any atom is 0.240 e. The largest absolute Gasteiger partial charge is 0.396 e. The molecule has 0 aliphatic heterocycles. The first-order chi connectivity index (χ1) is 9.08. The van der Waals surface area contributed by atoms with E-state index >= 15 is 0 Å². The van der Waals surface area contributed by atoms with Gasteiger partial charge in [0.1, 0.15) is 0 Å². The molecule has 1 fully saturated rings. The fourth-order valence-electron chi connectivity index (χ4n) is 2.62. The molecule has 4 nitrogen and oxygen atoms in total. The highest BCUT2D eigenvalue weighted by Gasteiger charge is 2.32. The van der Waals surface area contributed by atoms with E-state index in [1.807, 2.05) is 0 Å². The summed E-state index contributed by atoms with van der Waals surface area (Å²) in [5.74, 6) is 0. The highest BCUT2D eigenvalue weighted by molar-refractivity contribution is 7.89. The summed E-state index contributed by atoms with van der Waals surface area (Å²) < 4.78 is 26.9. The summed E-state index contributed by atoms with van der Waals surface area (Å²) in [5.41, 5.74) is -0.278. The topological polar surface area (TPSA) is 66.4 Å². The molecule has 0 atom stereocenters. The van der Waals surface area contributed by atoms with Crippen LogP contribution in [0.4, 0.5) is 0 Å². The summed E-state index contributed by atoms with van der Waals surface area (Å²) >= 11 is 0. The fraction of sp³-hybridized carbons (Fsp3) is 0.571. The Kier molecular flexibility index (Phi) is 4.60. The van der Waals surface area contributed by atoms with Gasteiger partial charge in [-0.1, -0.05) is 37.5 Å². The second kappa shape index (κ2) is 6.03. The summed E-state index contributed by atoms with van der Waals surface area (Å²) in [4.78, 5) is 0.277. The maximum absolute atomic E-state index is 12.1. The molecule has 0 saturated heterocycles. The van der Waals surface area contributed by atoms with E-state index in [0.29, 0.717) is 6.54 Å². The van der Waals surface area contributed by atoms with Crippen LogP contribution in [-0.2, 0) is 10.0 Å². The quantitative estimate of drug-likeness (QED) is 0.867. The predicted octanol–water partition coefficient (Wildman–Crippen LogP) is 1.91. The van der Waals surface area contributed by atoms with Crippen LogP contribution in [0, 0.1) is 5.41 Å². The van der Waals surface area contributed by atoms with Crippen LogP contribution in [0.2, 0.25) is 0 Å². The zero-order valence-corrected chi connectivity index (χ0v) is 11.8. The molecule has 2 rings (SSSR count). The van der Waals surface area contributed by atoms with Gasteiger partial charge < -0.3 is 5.11 Å². The standard InChI is InChI=1S/C14H21NO3S/c16-12-14(9-5-2-6-10-14)11-15-19(17,18)13-7-3-1-4-8-13/h1,3-4,7-8,15-16H,2,5-6,9-12H2. The monoisotopic (exact) mass is 283 g/mol. The van der Waals surface area contributed by atoms with Crippen molar-refractivity contribution in [1.82, 2.24) is 4.72 Å². The average Bonchev–Trinajstić information content (AvgIpc) is 2.47. The second-order valence-electron chi connectivity index (χ2n) is 5.36. The first kappa shape index (κ1) is 14.5. The van der Waals surface area contributed by atoms with E-state index in [2.05, 4.69) is 4.72 Å². The average molecular weight is 283 g/mol. The predicted molar refractivity (Wildman–Crippen MR) is 74.2 cm³/mol. The summed E-state index contributed by atoms with van der Waals surface area (Å²) in [7, 11) is -3.47. The highest BCUT2D eigenvalue weighted by Crippen LogP contribution is 2.35. The Morgan fingerprint density at radius 2 is 1.74 bits per heavy atom. The van der Waals surface area contributed by atoms with Crippen LogP contribution in [0.25, 0.3) is 0 Å². The molecule has 0 bridgehead atoms. The Balaban J connectivity index is 2.05. The van der Waals surface area contributed by atoms with E-state index in [4.69, 9.17) is 0 Å². The van der Waals surface area contributed by atoms with Crippen molar-refractivity contribution in [2.45, 2.75) is 37.0 Å². The van der Waals surface area contributed by atoms with Gasteiger partial charge in [0, 0.05) is 18.6 Å². The van der Waals surface area contributed by atoms with Crippen molar-refractivity contribution >= 4 is 10.0 Å². The van der Waals surface area contributed by atoms with Gasteiger partial charge in [0.15, 0.2) is 0 Å². The zero-order chi connectivity index (χ0) is 13.8. The molecule has 0 aromatic heterocycles. The van der Waals surface area contributed by atoms with Crippen LogP contribution < -0.4 is 4.72 Å². The Morgan fingerprint density at radius 3 is 2.32 bits per heavy atom. The molecule has 1 aromatic rings. The first-order valence-corrected chi connectivity index (χ1v) is 8.22. The minimum absolute atomic E-state index is 0.0459. The molecule has 1 aliphatic rings. The van der Waals surface area contributed by atoms with Crippen LogP contribution in [0.1, 0.15) is 32.1 Å². The minimum atomic E-state index is -3.47. The molecule has 0 heterocycles. The van der Waals surface area contributed by atoms with Crippen LogP contribution in [0.3, 0.4) is 0 Å². The lowest BCUT2D eigenvalue weighted by atomic mass is 9.75. The molecular weight excluding hydrogens is 262 g/mol. The van der Waals surface area contributed by atoms with E-state index in [1.165, 1.54) is 6.42 Å². The molecule has 0 unspecified atom stereocenters. The smallest absolute Gasteiger partial charge is 0.240 e. The number of sulfonamides is 1. The van der Waals surface area contributed by atoms with Gasteiger partial charge in [0.25, 0.3) is 0 Å². The SMILES string of the molecule is O=S(=O)(NCC1(CO)CCCCC1)c1ccccc1. The molecule has 1 saturated carbocycles. The number of rotatable bonds is 5. The lowest BCUT2D eigenvalue weighted by Crippen LogP contribution is -2.41. The van der Waals surface area contributed by atoms with Crippen LogP contribution >= 0.6 is 0 Å². The van der Waals surface area contributed by atoms with Crippen molar-refractivity contribution in [2.75, 3.05) is 13.2 Å². The number of aliphatic hydroxyl groups is 1. The van der Waals surface area contributed by atoms with Crippen LogP contribution in [0.15, 0.2) is 35.2 Å². The molecule has 5 heteroatoms. The number of nitrogens with one attached hydrogen (secondary N) is 1. The van der Waals surface area contributed by atoms with Gasteiger partial charge in [-0.2, -0.15) is 0 Å². The highest BCUT2D eigenvalue weighted by atomic mass is 32.2. The van der Waals surface area contributed by atoms with Gasteiger partial charge in [-0.25, -0.2) is 13.1 Å². The van der Waals surface area contributed by atoms with E-state index in [1.54, 1.807) is 30.3 Å². The van der Waals surface area contributed by atoms with Crippen molar-refractivity contribution in [3.8, 4) is 0 Å². The van der Waals surface area contributed by atoms with Crippen LogP contribution in [0.5, 0.6) is 0 Å². The molecular formula is C14H21NO3S.